The highest BCUT2D eigenvalue weighted by Gasteiger charge is 2.03. The van der Waals surface area contributed by atoms with Gasteiger partial charge >= 0.3 is 0 Å². The second-order valence-electron chi connectivity index (χ2n) is 4.10. The average molecular weight is 284 g/mol. The van der Waals surface area contributed by atoms with Gasteiger partial charge in [-0.2, -0.15) is 5.10 Å². The lowest BCUT2D eigenvalue weighted by Crippen LogP contribution is -2.26. The fourth-order valence-electron chi connectivity index (χ4n) is 1.63. The first-order valence-electron chi connectivity index (χ1n) is 6.39. The van der Waals surface area contributed by atoms with E-state index in [9.17, 15) is 4.79 Å². The third-order valence-corrected chi connectivity index (χ3v) is 2.62. The molecule has 0 saturated carbocycles. The minimum atomic E-state index is -0.256. The molecule has 1 heterocycles. The Kier molecular flexibility index (Phi) is 5.28. The van der Waals surface area contributed by atoms with Crippen LogP contribution in [0.3, 0.4) is 0 Å². The number of methoxy groups -OCH3 is 1. The van der Waals surface area contributed by atoms with Crippen molar-refractivity contribution in [2.75, 3.05) is 19.0 Å². The van der Waals surface area contributed by atoms with Crippen LogP contribution in [-0.4, -0.2) is 30.8 Å². The summed E-state index contributed by atoms with van der Waals surface area (Å²) in [5.74, 6) is 0.426. The van der Waals surface area contributed by atoms with Crippen LogP contribution in [0.1, 0.15) is 5.69 Å². The Balaban J connectivity index is 1.81. The first kappa shape index (κ1) is 14.5. The highest BCUT2D eigenvalue weighted by atomic mass is 16.5. The maximum atomic E-state index is 11.7. The summed E-state index contributed by atoms with van der Waals surface area (Å²) in [6, 6.07) is 12.8. The zero-order valence-electron chi connectivity index (χ0n) is 11.6. The molecule has 2 aromatic rings. The van der Waals surface area contributed by atoms with Gasteiger partial charge in [-0.1, -0.05) is 18.2 Å². The van der Waals surface area contributed by atoms with Crippen LogP contribution in [0.2, 0.25) is 0 Å². The molecule has 0 unspecified atom stereocenters. The zero-order chi connectivity index (χ0) is 14.9. The number of hydrazone groups is 1. The lowest BCUT2D eigenvalue weighted by Gasteiger charge is -2.09. The molecule has 21 heavy (non-hydrogen) atoms. The summed E-state index contributed by atoms with van der Waals surface area (Å²) in [5, 5.41) is 6.82. The number of carbonyl (C=O) groups is 1. The van der Waals surface area contributed by atoms with Gasteiger partial charge in [-0.3, -0.25) is 9.78 Å². The number of anilines is 1. The Morgan fingerprint density at radius 3 is 2.86 bits per heavy atom. The van der Waals surface area contributed by atoms with Gasteiger partial charge in [-0.15, -0.1) is 0 Å². The Morgan fingerprint density at radius 1 is 1.29 bits per heavy atom. The molecule has 6 nitrogen and oxygen atoms in total. The van der Waals surface area contributed by atoms with Gasteiger partial charge in [0.15, 0.2) is 0 Å². The third kappa shape index (κ3) is 4.61. The number of benzene rings is 1. The number of nitrogens with zero attached hydrogens (tertiary/aromatic N) is 2. The molecule has 6 heteroatoms. The number of carbonyl (C=O) groups excluding carboxylic acids is 1. The molecule has 2 N–H and O–H groups in total. The quantitative estimate of drug-likeness (QED) is 0.625. The Morgan fingerprint density at radius 2 is 2.10 bits per heavy atom. The summed E-state index contributed by atoms with van der Waals surface area (Å²) in [5.41, 5.74) is 3.86. The van der Waals surface area contributed by atoms with Gasteiger partial charge in [0, 0.05) is 6.20 Å². The van der Waals surface area contributed by atoms with E-state index in [-0.39, 0.29) is 12.5 Å². The molecular weight excluding hydrogens is 268 g/mol. The van der Waals surface area contributed by atoms with E-state index in [0.717, 1.165) is 5.69 Å². The van der Waals surface area contributed by atoms with Crippen molar-refractivity contribution in [2.24, 2.45) is 5.10 Å². The number of para-hydroxylation sites is 2. The zero-order valence-corrected chi connectivity index (χ0v) is 11.6. The van der Waals surface area contributed by atoms with Crippen LogP contribution in [0.4, 0.5) is 5.69 Å². The van der Waals surface area contributed by atoms with E-state index in [4.69, 9.17) is 4.74 Å². The van der Waals surface area contributed by atoms with Crippen molar-refractivity contribution in [1.29, 1.82) is 0 Å². The van der Waals surface area contributed by atoms with Crippen molar-refractivity contribution in [3.8, 4) is 5.75 Å². The summed E-state index contributed by atoms with van der Waals surface area (Å²) in [6.07, 6.45) is 3.15. The fourth-order valence-corrected chi connectivity index (χ4v) is 1.63. The fraction of sp³-hybridized carbons (Fsp3) is 0.133. The number of amides is 1. The monoisotopic (exact) mass is 284 g/mol. The highest BCUT2D eigenvalue weighted by Crippen LogP contribution is 2.22. The number of aromatic nitrogens is 1. The van der Waals surface area contributed by atoms with Crippen molar-refractivity contribution in [1.82, 2.24) is 10.4 Å². The minimum absolute atomic E-state index is 0.0972. The second-order valence-corrected chi connectivity index (χ2v) is 4.10. The summed E-state index contributed by atoms with van der Waals surface area (Å²) >= 11 is 0. The maximum Gasteiger partial charge on any atom is 0.259 e. The number of pyridine rings is 1. The van der Waals surface area contributed by atoms with Crippen molar-refractivity contribution < 1.29 is 9.53 Å². The van der Waals surface area contributed by atoms with Crippen LogP contribution < -0.4 is 15.5 Å². The van der Waals surface area contributed by atoms with Crippen LogP contribution in [0.15, 0.2) is 53.8 Å². The van der Waals surface area contributed by atoms with E-state index < -0.39 is 0 Å². The second kappa shape index (κ2) is 7.64. The molecule has 1 aromatic carbocycles. The van der Waals surface area contributed by atoms with Crippen LogP contribution in [0, 0.1) is 0 Å². The summed E-state index contributed by atoms with van der Waals surface area (Å²) in [6.45, 7) is 0.0972. The topological polar surface area (TPSA) is 75.6 Å². The molecule has 0 atom stereocenters. The predicted octanol–water partition coefficient (Wildman–Crippen LogP) is 1.65. The summed E-state index contributed by atoms with van der Waals surface area (Å²) in [7, 11) is 1.58. The van der Waals surface area contributed by atoms with Gasteiger partial charge in [0.2, 0.25) is 0 Å². The van der Waals surface area contributed by atoms with Crippen LogP contribution >= 0.6 is 0 Å². The average Bonchev–Trinajstić information content (AvgIpc) is 2.54. The maximum absolute atomic E-state index is 11.7. The van der Waals surface area contributed by atoms with Crippen molar-refractivity contribution in [3.63, 3.8) is 0 Å². The van der Waals surface area contributed by atoms with Crippen molar-refractivity contribution in [3.05, 3.63) is 54.4 Å². The predicted molar refractivity (Wildman–Crippen MR) is 81.5 cm³/mol. The van der Waals surface area contributed by atoms with E-state index in [2.05, 4.69) is 20.8 Å². The molecular formula is C15H16N4O2. The largest absolute Gasteiger partial charge is 0.495 e. The van der Waals surface area contributed by atoms with Gasteiger partial charge in [0.1, 0.15) is 5.75 Å². The van der Waals surface area contributed by atoms with Gasteiger partial charge in [-0.05, 0) is 24.3 Å². The smallest absolute Gasteiger partial charge is 0.259 e. The Hall–Kier alpha value is -2.89. The summed E-state index contributed by atoms with van der Waals surface area (Å²) < 4.78 is 5.18. The normalized spacial score (nSPS) is 10.3. The van der Waals surface area contributed by atoms with E-state index in [0.29, 0.717) is 11.4 Å². The molecule has 0 aliphatic rings. The van der Waals surface area contributed by atoms with E-state index in [1.807, 2.05) is 36.4 Å². The molecule has 0 saturated heterocycles. The molecule has 0 aliphatic carbocycles. The molecule has 0 spiro atoms. The molecule has 1 aromatic heterocycles. The molecule has 2 rings (SSSR count). The standard InChI is InChI=1S/C15H16N4O2/c1-21-14-8-3-2-7-13(14)17-11-15(20)19-18-10-12-6-4-5-9-16-12/h2-10,17H,11H2,1H3,(H,19,20). The van der Waals surface area contributed by atoms with Gasteiger partial charge < -0.3 is 10.1 Å². The van der Waals surface area contributed by atoms with Crippen molar-refractivity contribution in [2.45, 2.75) is 0 Å². The number of hydrogen-bond donors (Lipinski definition) is 2. The van der Waals surface area contributed by atoms with E-state index >= 15 is 0 Å². The number of rotatable bonds is 6. The van der Waals surface area contributed by atoms with Gasteiger partial charge in [0.25, 0.3) is 5.91 Å². The number of ether oxygens (including phenoxy) is 1. The lowest BCUT2D eigenvalue weighted by molar-refractivity contribution is -0.119. The highest BCUT2D eigenvalue weighted by molar-refractivity contribution is 5.83. The van der Waals surface area contributed by atoms with E-state index in [1.54, 1.807) is 19.4 Å². The Labute approximate surface area is 122 Å². The van der Waals surface area contributed by atoms with Crippen LogP contribution in [0.5, 0.6) is 5.75 Å². The Bertz CT molecular complexity index is 614. The SMILES string of the molecule is COc1ccccc1NCC(=O)NN=Cc1ccccn1. The molecule has 0 bridgehead atoms. The molecule has 0 radical (unpaired) electrons. The number of hydrogen-bond acceptors (Lipinski definition) is 5. The van der Waals surface area contributed by atoms with Gasteiger partial charge in [-0.25, -0.2) is 5.43 Å². The molecule has 0 aliphatic heterocycles. The third-order valence-electron chi connectivity index (χ3n) is 2.62. The molecule has 0 fully saturated rings. The minimum Gasteiger partial charge on any atom is -0.495 e. The van der Waals surface area contributed by atoms with Gasteiger partial charge in [0.05, 0.1) is 31.3 Å². The lowest BCUT2D eigenvalue weighted by atomic mass is 10.3. The van der Waals surface area contributed by atoms with Crippen LogP contribution in [0.25, 0.3) is 0 Å². The summed E-state index contributed by atoms with van der Waals surface area (Å²) in [4.78, 5) is 15.7. The van der Waals surface area contributed by atoms with Crippen molar-refractivity contribution >= 4 is 17.8 Å². The first-order valence-corrected chi connectivity index (χ1v) is 6.39. The number of nitrogens with one attached hydrogen (secondary N) is 2. The van der Waals surface area contributed by atoms with E-state index in [1.165, 1.54) is 6.21 Å². The molecule has 1 amide bonds. The first-order chi connectivity index (χ1) is 10.3. The van der Waals surface area contributed by atoms with Crippen LogP contribution in [-0.2, 0) is 4.79 Å². The molecule has 108 valence electrons.